The summed E-state index contributed by atoms with van der Waals surface area (Å²) in [6.07, 6.45) is 8.01. The Labute approximate surface area is 89.8 Å². The lowest BCUT2D eigenvalue weighted by Crippen LogP contribution is -2.32. The summed E-state index contributed by atoms with van der Waals surface area (Å²) in [7, 11) is 0. The Morgan fingerprint density at radius 3 is 2.43 bits per heavy atom. The fourth-order valence-corrected chi connectivity index (χ4v) is 1.73. The van der Waals surface area contributed by atoms with Gasteiger partial charge in [-0.2, -0.15) is 0 Å². The van der Waals surface area contributed by atoms with Gasteiger partial charge in [-0.3, -0.25) is 0 Å². The van der Waals surface area contributed by atoms with E-state index >= 15 is 0 Å². The van der Waals surface area contributed by atoms with Crippen molar-refractivity contribution in [3.63, 3.8) is 0 Å². The highest BCUT2D eigenvalue weighted by Crippen LogP contribution is 2.20. The minimum absolute atomic E-state index is 0.384. The van der Waals surface area contributed by atoms with Crippen molar-refractivity contribution in [1.82, 2.24) is 0 Å². The SMILES string of the molecule is C=CCCCCC(N)C(C)C(C)CC. The average molecular weight is 197 g/mol. The molecular formula is C13H27N. The Hall–Kier alpha value is -0.300. The third-order valence-electron chi connectivity index (χ3n) is 3.41. The highest BCUT2D eigenvalue weighted by Gasteiger charge is 2.17. The lowest BCUT2D eigenvalue weighted by Gasteiger charge is -2.25. The second-order valence-electron chi connectivity index (χ2n) is 4.48. The van der Waals surface area contributed by atoms with Gasteiger partial charge in [-0.15, -0.1) is 6.58 Å². The molecule has 0 aliphatic rings. The first-order valence-corrected chi connectivity index (χ1v) is 5.99. The first-order valence-electron chi connectivity index (χ1n) is 5.99. The van der Waals surface area contributed by atoms with E-state index in [0.717, 1.165) is 12.3 Å². The quantitative estimate of drug-likeness (QED) is 0.465. The molecule has 1 nitrogen and oxygen atoms in total. The van der Waals surface area contributed by atoms with E-state index in [1.807, 2.05) is 6.08 Å². The van der Waals surface area contributed by atoms with E-state index in [1.165, 1.54) is 25.7 Å². The number of rotatable bonds is 8. The van der Waals surface area contributed by atoms with E-state index in [0.29, 0.717) is 12.0 Å². The van der Waals surface area contributed by atoms with Gasteiger partial charge in [-0.05, 0) is 31.1 Å². The van der Waals surface area contributed by atoms with Crippen LogP contribution in [0, 0.1) is 11.8 Å². The van der Waals surface area contributed by atoms with Crippen LogP contribution in [0.15, 0.2) is 12.7 Å². The average Bonchev–Trinajstić information content (AvgIpc) is 2.21. The molecule has 0 aliphatic carbocycles. The van der Waals surface area contributed by atoms with Crippen LogP contribution in [0.3, 0.4) is 0 Å². The lowest BCUT2D eigenvalue weighted by molar-refractivity contribution is 0.301. The summed E-state index contributed by atoms with van der Waals surface area (Å²) in [6, 6.07) is 0.384. The molecule has 3 unspecified atom stereocenters. The van der Waals surface area contributed by atoms with Crippen LogP contribution in [0.2, 0.25) is 0 Å². The van der Waals surface area contributed by atoms with Gasteiger partial charge in [0.15, 0.2) is 0 Å². The molecule has 2 N–H and O–H groups in total. The van der Waals surface area contributed by atoms with E-state index in [9.17, 15) is 0 Å². The molecule has 0 fully saturated rings. The molecule has 0 aromatic carbocycles. The Kier molecular flexibility index (Phi) is 7.87. The van der Waals surface area contributed by atoms with Gasteiger partial charge in [0, 0.05) is 6.04 Å². The van der Waals surface area contributed by atoms with Crippen molar-refractivity contribution >= 4 is 0 Å². The normalized spacial score (nSPS) is 17.4. The minimum Gasteiger partial charge on any atom is -0.327 e. The molecule has 1 heteroatoms. The van der Waals surface area contributed by atoms with E-state index in [1.54, 1.807) is 0 Å². The standard InChI is InChI=1S/C13H27N/c1-5-7-8-9-10-13(14)12(4)11(3)6-2/h5,11-13H,1,6-10,14H2,2-4H3. The second kappa shape index (κ2) is 8.05. The number of hydrogen-bond donors (Lipinski definition) is 1. The minimum atomic E-state index is 0.384. The van der Waals surface area contributed by atoms with E-state index < -0.39 is 0 Å². The lowest BCUT2D eigenvalue weighted by atomic mass is 9.85. The molecule has 0 aromatic rings. The maximum absolute atomic E-state index is 6.15. The molecule has 0 aromatic heterocycles. The number of allylic oxidation sites excluding steroid dienone is 1. The largest absolute Gasteiger partial charge is 0.327 e. The van der Waals surface area contributed by atoms with Gasteiger partial charge in [-0.25, -0.2) is 0 Å². The van der Waals surface area contributed by atoms with Crippen molar-refractivity contribution in [2.24, 2.45) is 17.6 Å². The van der Waals surface area contributed by atoms with Gasteiger partial charge in [-0.1, -0.05) is 39.7 Å². The number of nitrogens with two attached hydrogens (primary N) is 1. The van der Waals surface area contributed by atoms with E-state index in [4.69, 9.17) is 5.73 Å². The summed E-state index contributed by atoms with van der Waals surface area (Å²) in [6.45, 7) is 10.5. The highest BCUT2D eigenvalue weighted by molar-refractivity contribution is 4.74. The van der Waals surface area contributed by atoms with E-state index in [2.05, 4.69) is 27.4 Å². The van der Waals surface area contributed by atoms with Crippen LogP contribution in [-0.2, 0) is 0 Å². The molecule has 14 heavy (non-hydrogen) atoms. The molecule has 3 atom stereocenters. The number of hydrogen-bond acceptors (Lipinski definition) is 1. The molecule has 84 valence electrons. The van der Waals surface area contributed by atoms with Crippen LogP contribution in [0.1, 0.15) is 52.9 Å². The van der Waals surface area contributed by atoms with Gasteiger partial charge in [0.25, 0.3) is 0 Å². The van der Waals surface area contributed by atoms with Gasteiger partial charge in [0.05, 0.1) is 0 Å². The molecule has 0 saturated carbocycles. The first-order chi connectivity index (χ1) is 6.63. The smallest absolute Gasteiger partial charge is 0.00670 e. The summed E-state index contributed by atoms with van der Waals surface area (Å²) >= 11 is 0. The molecule has 0 amide bonds. The Bertz CT molecular complexity index is 142. The molecule has 0 heterocycles. The molecule has 0 radical (unpaired) electrons. The molecule has 0 saturated heterocycles. The maximum atomic E-state index is 6.15. The monoisotopic (exact) mass is 197 g/mol. The fourth-order valence-electron chi connectivity index (χ4n) is 1.73. The van der Waals surface area contributed by atoms with Crippen molar-refractivity contribution in [3.8, 4) is 0 Å². The third-order valence-corrected chi connectivity index (χ3v) is 3.41. The van der Waals surface area contributed by atoms with Crippen molar-refractivity contribution < 1.29 is 0 Å². The van der Waals surface area contributed by atoms with Crippen LogP contribution in [0.5, 0.6) is 0 Å². The third kappa shape index (κ3) is 5.43. The first kappa shape index (κ1) is 13.7. The van der Waals surface area contributed by atoms with Crippen LogP contribution in [-0.4, -0.2) is 6.04 Å². The fraction of sp³-hybridized carbons (Fsp3) is 0.846. The zero-order valence-electron chi connectivity index (χ0n) is 10.1. The summed E-state index contributed by atoms with van der Waals surface area (Å²) in [5, 5.41) is 0. The van der Waals surface area contributed by atoms with Crippen LogP contribution < -0.4 is 5.73 Å². The Morgan fingerprint density at radius 2 is 1.93 bits per heavy atom. The summed E-state index contributed by atoms with van der Waals surface area (Å²) in [4.78, 5) is 0. The highest BCUT2D eigenvalue weighted by atomic mass is 14.6. The zero-order chi connectivity index (χ0) is 11.0. The topological polar surface area (TPSA) is 26.0 Å². The predicted octanol–water partition coefficient (Wildman–Crippen LogP) is 3.74. The van der Waals surface area contributed by atoms with Gasteiger partial charge >= 0.3 is 0 Å². The molecule has 0 rings (SSSR count). The van der Waals surface area contributed by atoms with Crippen molar-refractivity contribution in [1.29, 1.82) is 0 Å². The zero-order valence-corrected chi connectivity index (χ0v) is 10.1. The van der Waals surface area contributed by atoms with E-state index in [-0.39, 0.29) is 0 Å². The molecular weight excluding hydrogens is 170 g/mol. The van der Waals surface area contributed by atoms with Crippen LogP contribution in [0.25, 0.3) is 0 Å². The van der Waals surface area contributed by atoms with Gasteiger partial charge in [0.2, 0.25) is 0 Å². The van der Waals surface area contributed by atoms with Gasteiger partial charge in [0.1, 0.15) is 0 Å². The molecule has 0 bridgehead atoms. The van der Waals surface area contributed by atoms with Crippen molar-refractivity contribution in [2.45, 2.75) is 58.9 Å². The maximum Gasteiger partial charge on any atom is 0.00670 e. The Morgan fingerprint density at radius 1 is 1.29 bits per heavy atom. The van der Waals surface area contributed by atoms with Crippen molar-refractivity contribution in [3.05, 3.63) is 12.7 Å². The predicted molar refractivity (Wildman–Crippen MR) is 65.3 cm³/mol. The second-order valence-corrected chi connectivity index (χ2v) is 4.48. The summed E-state index contributed by atoms with van der Waals surface area (Å²) < 4.78 is 0. The van der Waals surface area contributed by atoms with Crippen LogP contribution in [0.4, 0.5) is 0 Å². The summed E-state index contributed by atoms with van der Waals surface area (Å²) in [5.74, 6) is 1.41. The molecule has 0 spiro atoms. The summed E-state index contributed by atoms with van der Waals surface area (Å²) in [5.41, 5.74) is 6.15. The van der Waals surface area contributed by atoms with Gasteiger partial charge < -0.3 is 5.73 Å². The van der Waals surface area contributed by atoms with Crippen LogP contribution >= 0.6 is 0 Å². The number of unbranched alkanes of at least 4 members (excludes halogenated alkanes) is 2. The Balaban J connectivity index is 3.61. The van der Waals surface area contributed by atoms with Crippen molar-refractivity contribution in [2.75, 3.05) is 0 Å². The molecule has 0 aliphatic heterocycles.